The number of hydrogen-bond donors (Lipinski definition) is 0. The molecule has 0 aliphatic carbocycles. The van der Waals surface area contributed by atoms with Crippen molar-refractivity contribution in [1.82, 2.24) is 9.55 Å². The largest absolute Gasteiger partial charge is 0.294 e. The first-order valence-corrected chi connectivity index (χ1v) is 7.39. The van der Waals surface area contributed by atoms with Gasteiger partial charge < -0.3 is 0 Å². The molecule has 1 aromatic heterocycles. The molecule has 6 heteroatoms. The van der Waals surface area contributed by atoms with Crippen LogP contribution in [0.3, 0.4) is 0 Å². The summed E-state index contributed by atoms with van der Waals surface area (Å²) in [7, 11) is 0. The molecule has 0 amide bonds. The summed E-state index contributed by atoms with van der Waals surface area (Å²) in [5.41, 5.74) is 2.31. The number of halogens is 3. The number of nitriles is 1. The van der Waals surface area contributed by atoms with Crippen LogP contribution in [0.2, 0.25) is 0 Å². The van der Waals surface area contributed by atoms with Crippen LogP contribution in [0.1, 0.15) is 11.4 Å². The third-order valence-electron chi connectivity index (χ3n) is 3.13. The maximum Gasteiger partial charge on any atom is 0.129 e. The summed E-state index contributed by atoms with van der Waals surface area (Å²) in [4.78, 5) is 4.39. The Balaban J connectivity index is 2.39. The Kier molecular flexibility index (Phi) is 3.66. The van der Waals surface area contributed by atoms with Gasteiger partial charge in [0.05, 0.1) is 28.2 Å². The van der Waals surface area contributed by atoms with Crippen molar-refractivity contribution < 1.29 is 4.39 Å². The van der Waals surface area contributed by atoms with Crippen molar-refractivity contribution >= 4 is 38.6 Å². The first kappa shape index (κ1) is 14.1. The van der Waals surface area contributed by atoms with E-state index < -0.39 is 0 Å². The molecule has 0 N–H and O–H groups in total. The lowest BCUT2D eigenvalue weighted by Crippen LogP contribution is -2.02. The Hall–Kier alpha value is -1.90. The van der Waals surface area contributed by atoms with Crippen molar-refractivity contribution in [2.75, 3.05) is 0 Å². The Labute approximate surface area is 133 Å². The summed E-state index contributed by atoms with van der Waals surface area (Å²) in [6, 6.07) is 11.8. The maximum atomic E-state index is 13.5. The molecular formula is C15H8BrClFN3. The average molecular weight is 365 g/mol. The van der Waals surface area contributed by atoms with Crippen LogP contribution in [0, 0.1) is 17.1 Å². The first-order valence-electron chi connectivity index (χ1n) is 6.07. The minimum Gasteiger partial charge on any atom is -0.294 e. The summed E-state index contributed by atoms with van der Waals surface area (Å²) in [6.07, 6.45) is 0. The Bertz CT molecular complexity index is 882. The molecule has 0 aliphatic rings. The zero-order chi connectivity index (χ0) is 15.0. The Morgan fingerprint density at radius 2 is 2.10 bits per heavy atom. The lowest BCUT2D eigenvalue weighted by Gasteiger charge is -2.10. The van der Waals surface area contributed by atoms with Gasteiger partial charge in [-0.3, -0.25) is 4.57 Å². The number of fused-ring (bicyclic) bond motifs is 1. The van der Waals surface area contributed by atoms with Crippen LogP contribution >= 0.6 is 27.5 Å². The van der Waals surface area contributed by atoms with Crippen molar-refractivity contribution in [3.05, 3.63) is 58.1 Å². The van der Waals surface area contributed by atoms with Crippen LogP contribution in [0.4, 0.5) is 4.39 Å². The highest BCUT2D eigenvalue weighted by atomic mass is 79.9. The fraction of sp³-hybridized carbons (Fsp3) is 0.0667. The standard InChI is InChI=1S/C15H8BrClFN3/c16-10-1-4-13(9(5-10)8-19)21-14-6-11(18)2-3-12(14)20-15(21)7-17/h1-6H,7H2. The lowest BCUT2D eigenvalue weighted by atomic mass is 10.2. The molecule has 0 saturated carbocycles. The summed E-state index contributed by atoms with van der Waals surface area (Å²) in [6.45, 7) is 0. The zero-order valence-corrected chi connectivity index (χ0v) is 13.0. The molecule has 104 valence electrons. The summed E-state index contributed by atoms with van der Waals surface area (Å²) < 4.78 is 16.1. The highest BCUT2D eigenvalue weighted by Crippen LogP contribution is 2.27. The van der Waals surface area contributed by atoms with Crippen LogP contribution in [0.15, 0.2) is 40.9 Å². The van der Waals surface area contributed by atoms with E-state index in [4.69, 9.17) is 11.6 Å². The van der Waals surface area contributed by atoms with Crippen LogP contribution in [-0.4, -0.2) is 9.55 Å². The normalized spacial score (nSPS) is 10.8. The number of benzene rings is 2. The van der Waals surface area contributed by atoms with Crippen molar-refractivity contribution in [2.45, 2.75) is 5.88 Å². The first-order chi connectivity index (χ1) is 10.1. The van der Waals surface area contributed by atoms with Crippen molar-refractivity contribution in [3.63, 3.8) is 0 Å². The second-order valence-corrected chi connectivity index (χ2v) is 5.59. The molecule has 0 spiro atoms. The van der Waals surface area contributed by atoms with E-state index in [9.17, 15) is 9.65 Å². The number of alkyl halides is 1. The van der Waals surface area contributed by atoms with E-state index in [-0.39, 0.29) is 11.7 Å². The van der Waals surface area contributed by atoms with E-state index in [1.807, 2.05) is 6.07 Å². The van der Waals surface area contributed by atoms with E-state index >= 15 is 0 Å². The molecule has 0 radical (unpaired) electrons. The molecule has 0 bridgehead atoms. The van der Waals surface area contributed by atoms with Gasteiger partial charge in [0.1, 0.15) is 17.7 Å². The van der Waals surface area contributed by atoms with E-state index in [1.54, 1.807) is 22.8 Å². The molecule has 1 heterocycles. The van der Waals surface area contributed by atoms with E-state index in [0.29, 0.717) is 28.1 Å². The summed E-state index contributed by atoms with van der Waals surface area (Å²) in [5, 5.41) is 9.32. The second-order valence-electron chi connectivity index (χ2n) is 4.40. The molecule has 3 nitrogen and oxygen atoms in total. The molecule has 0 atom stereocenters. The van der Waals surface area contributed by atoms with Gasteiger partial charge in [0, 0.05) is 10.5 Å². The zero-order valence-electron chi connectivity index (χ0n) is 10.6. The Morgan fingerprint density at radius 1 is 1.29 bits per heavy atom. The number of imidazole rings is 1. The van der Waals surface area contributed by atoms with Crippen molar-refractivity contribution in [1.29, 1.82) is 5.26 Å². The molecule has 3 aromatic rings. The monoisotopic (exact) mass is 363 g/mol. The van der Waals surface area contributed by atoms with Gasteiger partial charge >= 0.3 is 0 Å². The summed E-state index contributed by atoms with van der Waals surface area (Å²) >= 11 is 9.29. The predicted octanol–water partition coefficient (Wildman–Crippen LogP) is 4.54. The Morgan fingerprint density at radius 3 is 2.81 bits per heavy atom. The van der Waals surface area contributed by atoms with E-state index in [1.165, 1.54) is 12.1 Å². The fourth-order valence-electron chi connectivity index (χ4n) is 2.25. The van der Waals surface area contributed by atoms with E-state index in [0.717, 1.165) is 4.47 Å². The highest BCUT2D eigenvalue weighted by Gasteiger charge is 2.15. The number of nitrogens with zero attached hydrogens (tertiary/aromatic N) is 3. The maximum absolute atomic E-state index is 13.5. The number of rotatable bonds is 2. The SMILES string of the molecule is N#Cc1cc(Br)ccc1-n1c(CCl)nc2ccc(F)cc21. The number of hydrogen-bond acceptors (Lipinski definition) is 2. The minimum atomic E-state index is -0.361. The van der Waals surface area contributed by atoms with Gasteiger partial charge in [-0.25, -0.2) is 9.37 Å². The minimum absolute atomic E-state index is 0.164. The average Bonchev–Trinajstić information content (AvgIpc) is 2.84. The van der Waals surface area contributed by atoms with Crippen molar-refractivity contribution in [2.24, 2.45) is 0 Å². The smallest absolute Gasteiger partial charge is 0.129 e. The van der Waals surface area contributed by atoms with Crippen molar-refractivity contribution in [3.8, 4) is 11.8 Å². The quantitative estimate of drug-likeness (QED) is 0.627. The van der Waals surface area contributed by atoms with Crippen LogP contribution in [0.5, 0.6) is 0 Å². The summed E-state index contributed by atoms with van der Waals surface area (Å²) in [5.74, 6) is 0.369. The molecule has 3 rings (SSSR count). The molecule has 0 saturated heterocycles. The van der Waals surface area contributed by atoms with Gasteiger partial charge in [-0.2, -0.15) is 5.26 Å². The molecule has 2 aromatic carbocycles. The third kappa shape index (κ3) is 2.41. The molecular weight excluding hydrogens is 357 g/mol. The lowest BCUT2D eigenvalue weighted by molar-refractivity contribution is 0.629. The van der Waals surface area contributed by atoms with Gasteiger partial charge in [0.15, 0.2) is 0 Å². The van der Waals surface area contributed by atoms with Crippen LogP contribution in [-0.2, 0) is 5.88 Å². The van der Waals surface area contributed by atoms with Gasteiger partial charge in [-0.05, 0) is 30.3 Å². The fourth-order valence-corrected chi connectivity index (χ4v) is 2.79. The van der Waals surface area contributed by atoms with Crippen LogP contribution in [0.25, 0.3) is 16.7 Å². The highest BCUT2D eigenvalue weighted by molar-refractivity contribution is 9.10. The molecule has 0 unspecified atom stereocenters. The van der Waals surface area contributed by atoms with E-state index in [2.05, 4.69) is 27.0 Å². The topological polar surface area (TPSA) is 41.6 Å². The second kappa shape index (κ2) is 5.47. The predicted molar refractivity (Wildman–Crippen MR) is 83.0 cm³/mol. The molecule has 0 fully saturated rings. The van der Waals surface area contributed by atoms with Gasteiger partial charge in [0.25, 0.3) is 0 Å². The van der Waals surface area contributed by atoms with Gasteiger partial charge in [-0.15, -0.1) is 11.6 Å². The van der Waals surface area contributed by atoms with Gasteiger partial charge in [-0.1, -0.05) is 15.9 Å². The molecule has 0 aliphatic heterocycles. The number of aromatic nitrogens is 2. The van der Waals surface area contributed by atoms with Crippen LogP contribution < -0.4 is 0 Å². The third-order valence-corrected chi connectivity index (χ3v) is 3.86. The van der Waals surface area contributed by atoms with Gasteiger partial charge in [0.2, 0.25) is 0 Å². The molecule has 21 heavy (non-hydrogen) atoms.